The number of hydrogen-bond acceptors (Lipinski definition) is 6. The van der Waals surface area contributed by atoms with E-state index in [1.807, 2.05) is 80.5 Å². The number of hydrogen-bond donors (Lipinski definition) is 3. The molecule has 4 N–H and O–H groups in total. The van der Waals surface area contributed by atoms with Crippen molar-refractivity contribution in [3.8, 4) is 5.75 Å². The van der Waals surface area contributed by atoms with Gasteiger partial charge in [0.1, 0.15) is 18.8 Å². The van der Waals surface area contributed by atoms with Crippen molar-refractivity contribution in [3.05, 3.63) is 64.7 Å². The number of carbonyl (C=O) groups is 2. The van der Waals surface area contributed by atoms with Crippen molar-refractivity contribution in [3.63, 3.8) is 0 Å². The fourth-order valence-electron chi connectivity index (χ4n) is 4.21. The SMILES string of the molecule is C=C(NN)c1cc(C)c(CC)c(C)c1.C=O.CC.CC.CC.CC1CCC(C=O)CC1.CNc1ccc(C)c(OC)c1. The third-order valence-corrected chi connectivity index (χ3v) is 6.52. The first kappa shape index (κ1) is 45.9. The summed E-state index contributed by atoms with van der Waals surface area (Å²) < 4.78 is 5.15. The van der Waals surface area contributed by atoms with Gasteiger partial charge in [0.15, 0.2) is 0 Å². The molecule has 42 heavy (non-hydrogen) atoms. The summed E-state index contributed by atoms with van der Waals surface area (Å²) in [6.07, 6.45) is 6.95. The van der Waals surface area contributed by atoms with Crippen LogP contribution in [0.1, 0.15) is 109 Å². The molecule has 1 aliphatic rings. The van der Waals surface area contributed by atoms with E-state index in [0.717, 1.165) is 59.7 Å². The summed E-state index contributed by atoms with van der Waals surface area (Å²) >= 11 is 0. The van der Waals surface area contributed by atoms with Crippen LogP contribution in [0.25, 0.3) is 5.70 Å². The maximum Gasteiger partial charge on any atom is 0.123 e. The van der Waals surface area contributed by atoms with Crippen LogP contribution in [0.15, 0.2) is 36.9 Å². The van der Waals surface area contributed by atoms with Crippen LogP contribution in [-0.2, 0) is 16.0 Å². The minimum absolute atomic E-state index is 0.390. The highest BCUT2D eigenvalue weighted by Gasteiger charge is 2.16. The number of ether oxygens (including phenoxy) is 1. The molecular formula is C36H65N3O3. The van der Waals surface area contributed by atoms with Gasteiger partial charge in [-0.05, 0) is 92.0 Å². The van der Waals surface area contributed by atoms with Crippen molar-refractivity contribution in [2.75, 3.05) is 19.5 Å². The molecule has 0 aliphatic heterocycles. The normalized spacial score (nSPS) is 14.0. The monoisotopic (exact) mass is 588 g/mol. The summed E-state index contributed by atoms with van der Waals surface area (Å²) in [4.78, 5) is 18.3. The van der Waals surface area contributed by atoms with Crippen LogP contribution in [0.4, 0.5) is 5.69 Å². The Morgan fingerprint density at radius 2 is 1.40 bits per heavy atom. The Hall–Kier alpha value is -3.12. The summed E-state index contributed by atoms with van der Waals surface area (Å²) in [6.45, 7) is 28.6. The van der Waals surface area contributed by atoms with Crippen LogP contribution in [-0.4, -0.2) is 27.2 Å². The number of nitrogens with one attached hydrogen (secondary N) is 2. The Morgan fingerprint density at radius 1 is 0.929 bits per heavy atom. The van der Waals surface area contributed by atoms with Gasteiger partial charge in [-0.15, -0.1) is 0 Å². The van der Waals surface area contributed by atoms with Crippen molar-refractivity contribution in [1.82, 2.24) is 5.43 Å². The summed E-state index contributed by atoms with van der Waals surface area (Å²) in [5.74, 6) is 7.51. The molecular weight excluding hydrogens is 522 g/mol. The summed E-state index contributed by atoms with van der Waals surface area (Å²) in [6, 6.07) is 10.3. The molecule has 2 aromatic rings. The number of aryl methyl sites for hydroxylation is 3. The number of carbonyl (C=O) groups excluding carboxylic acids is 2. The first-order chi connectivity index (χ1) is 20.2. The van der Waals surface area contributed by atoms with Crippen molar-refractivity contribution in [2.45, 2.75) is 108 Å². The van der Waals surface area contributed by atoms with Gasteiger partial charge in [0, 0.05) is 30.4 Å². The molecule has 0 heterocycles. The number of nitrogens with two attached hydrogens (primary N) is 1. The molecule has 0 bridgehead atoms. The van der Waals surface area contributed by atoms with E-state index < -0.39 is 0 Å². The number of benzene rings is 2. The minimum atomic E-state index is 0.390. The second kappa shape index (κ2) is 30.8. The second-order valence-electron chi connectivity index (χ2n) is 9.16. The van der Waals surface area contributed by atoms with E-state index in [0.29, 0.717) is 5.92 Å². The maximum absolute atomic E-state index is 10.3. The van der Waals surface area contributed by atoms with Crippen molar-refractivity contribution >= 4 is 24.5 Å². The minimum Gasteiger partial charge on any atom is -0.496 e. The predicted molar refractivity (Wildman–Crippen MR) is 187 cm³/mol. The van der Waals surface area contributed by atoms with E-state index in [2.05, 4.69) is 57.1 Å². The zero-order valence-electron chi connectivity index (χ0n) is 29.4. The van der Waals surface area contributed by atoms with Gasteiger partial charge in [-0.2, -0.15) is 0 Å². The average molecular weight is 588 g/mol. The molecule has 2 aromatic carbocycles. The highest BCUT2D eigenvalue weighted by molar-refractivity contribution is 5.63. The molecule has 0 atom stereocenters. The number of anilines is 1. The molecule has 1 fully saturated rings. The van der Waals surface area contributed by atoms with E-state index in [1.165, 1.54) is 29.5 Å². The average Bonchev–Trinajstić information content (AvgIpc) is 3.05. The molecule has 1 aliphatic carbocycles. The maximum atomic E-state index is 10.3. The smallest absolute Gasteiger partial charge is 0.123 e. The van der Waals surface area contributed by atoms with Gasteiger partial charge in [0.25, 0.3) is 0 Å². The lowest BCUT2D eigenvalue weighted by Gasteiger charge is -2.21. The lowest BCUT2D eigenvalue weighted by atomic mass is 9.84. The van der Waals surface area contributed by atoms with Crippen molar-refractivity contribution < 1.29 is 14.3 Å². The Morgan fingerprint density at radius 3 is 1.76 bits per heavy atom. The van der Waals surface area contributed by atoms with Crippen LogP contribution in [0, 0.1) is 32.6 Å². The number of rotatable bonds is 6. The molecule has 0 saturated heterocycles. The van der Waals surface area contributed by atoms with Gasteiger partial charge < -0.3 is 25.1 Å². The molecule has 3 rings (SSSR count). The van der Waals surface area contributed by atoms with Gasteiger partial charge in [0.05, 0.1) is 7.11 Å². The molecule has 0 amide bonds. The highest BCUT2D eigenvalue weighted by atomic mass is 16.5. The highest BCUT2D eigenvalue weighted by Crippen LogP contribution is 2.26. The third kappa shape index (κ3) is 19.1. The van der Waals surface area contributed by atoms with Crippen LogP contribution >= 0.6 is 0 Å². The first-order valence-corrected chi connectivity index (χ1v) is 15.5. The lowest BCUT2D eigenvalue weighted by Crippen LogP contribution is -2.19. The van der Waals surface area contributed by atoms with E-state index in [1.54, 1.807) is 7.11 Å². The third-order valence-electron chi connectivity index (χ3n) is 6.52. The van der Waals surface area contributed by atoms with Crippen LogP contribution < -0.4 is 21.3 Å². The molecule has 0 unspecified atom stereocenters. The van der Waals surface area contributed by atoms with Crippen molar-refractivity contribution in [2.24, 2.45) is 17.7 Å². The molecule has 0 spiro atoms. The largest absolute Gasteiger partial charge is 0.496 e. The topological polar surface area (TPSA) is 93.5 Å². The van der Waals surface area contributed by atoms with Crippen LogP contribution in [0.3, 0.4) is 0 Å². The van der Waals surface area contributed by atoms with Crippen molar-refractivity contribution in [1.29, 1.82) is 0 Å². The second-order valence-corrected chi connectivity index (χ2v) is 9.16. The summed E-state index contributed by atoms with van der Waals surface area (Å²) in [5.41, 5.74) is 10.7. The fraction of sp³-hybridized carbons (Fsp3) is 0.556. The quantitative estimate of drug-likeness (QED) is 0.177. The first-order valence-electron chi connectivity index (χ1n) is 15.5. The van der Waals surface area contributed by atoms with Gasteiger partial charge in [0.2, 0.25) is 0 Å². The summed E-state index contributed by atoms with van der Waals surface area (Å²) in [5, 5.41) is 3.05. The Bertz CT molecular complexity index is 913. The van der Waals surface area contributed by atoms with Gasteiger partial charge in [-0.25, -0.2) is 0 Å². The molecule has 0 aromatic heterocycles. The molecule has 0 radical (unpaired) electrons. The summed E-state index contributed by atoms with van der Waals surface area (Å²) in [7, 11) is 3.58. The van der Waals surface area contributed by atoms with Gasteiger partial charge >= 0.3 is 0 Å². The Balaban J connectivity index is -0.000000233. The lowest BCUT2D eigenvalue weighted by molar-refractivity contribution is -0.112. The standard InChI is InChI=1S/C12H18N2.C9H13NO.C8H14O.3C2H6.CH2O/c1-5-12-8(2)6-11(7-9(12)3)10(4)14-13;1-7-4-5-8(10-2)6-9(7)11-3;1-7-2-4-8(6-9)5-3-7;4*1-2/h6-7,14H,4-5,13H2,1-3H3;4-6,10H,1-3H3;6-8H,2-5H2,1H3;3*1-2H3;1H2. The van der Waals surface area contributed by atoms with Gasteiger partial charge in [-0.1, -0.05) is 80.9 Å². The van der Waals surface area contributed by atoms with E-state index in [9.17, 15) is 4.79 Å². The number of aldehydes is 1. The van der Waals surface area contributed by atoms with Gasteiger partial charge in [-0.3, -0.25) is 5.84 Å². The molecule has 6 heteroatoms. The molecule has 6 nitrogen and oxygen atoms in total. The Labute approximate surface area is 259 Å². The van der Waals surface area contributed by atoms with E-state index >= 15 is 0 Å². The van der Waals surface area contributed by atoms with E-state index in [4.69, 9.17) is 15.4 Å². The predicted octanol–water partition coefficient (Wildman–Crippen LogP) is 9.25. The number of methoxy groups -OCH3 is 1. The fourth-order valence-corrected chi connectivity index (χ4v) is 4.21. The zero-order chi connectivity index (χ0) is 33.7. The molecule has 242 valence electrons. The van der Waals surface area contributed by atoms with E-state index in [-0.39, 0.29) is 0 Å². The van der Waals surface area contributed by atoms with Crippen LogP contribution in [0.2, 0.25) is 0 Å². The number of hydrazine groups is 1. The molecule has 1 saturated carbocycles. The Kier molecular flexibility index (Phi) is 33.7. The van der Waals surface area contributed by atoms with Crippen LogP contribution in [0.5, 0.6) is 5.75 Å². The zero-order valence-corrected chi connectivity index (χ0v) is 29.4.